The minimum atomic E-state index is -0.623. The first-order chi connectivity index (χ1) is 10.4. The number of nitro benzene ring substituents is 1. The summed E-state index contributed by atoms with van der Waals surface area (Å²) in [5.74, 6) is -1.15. The van der Waals surface area contributed by atoms with E-state index in [2.05, 4.69) is 4.74 Å². The van der Waals surface area contributed by atoms with Crippen molar-refractivity contribution >= 4 is 23.3 Å². The maximum absolute atomic E-state index is 11.5. The molecule has 0 radical (unpaired) electrons. The molecule has 1 saturated heterocycles. The molecule has 0 unspecified atom stereocenters. The Hall–Kier alpha value is -2.64. The molecule has 0 aliphatic carbocycles. The lowest BCUT2D eigenvalue weighted by Gasteiger charge is -2.32. The number of carbonyl (C=O) groups is 2. The monoisotopic (exact) mass is 307 g/mol. The van der Waals surface area contributed by atoms with Crippen LogP contribution in [-0.2, 0) is 9.53 Å². The first-order valence-corrected chi connectivity index (χ1v) is 6.85. The Morgan fingerprint density at radius 1 is 1.36 bits per heavy atom. The smallest absolute Gasteiger partial charge is 0.338 e. The average molecular weight is 307 g/mol. The summed E-state index contributed by atoms with van der Waals surface area (Å²) in [7, 11) is 1.22. The van der Waals surface area contributed by atoms with Gasteiger partial charge < -0.3 is 15.4 Å². The van der Waals surface area contributed by atoms with Crippen LogP contribution in [0.3, 0.4) is 0 Å². The zero-order valence-corrected chi connectivity index (χ0v) is 12.2. The highest BCUT2D eigenvalue weighted by atomic mass is 16.6. The number of nitrogens with two attached hydrogens (primary N) is 1. The summed E-state index contributed by atoms with van der Waals surface area (Å²) < 4.78 is 4.57. The van der Waals surface area contributed by atoms with E-state index in [0.717, 1.165) is 0 Å². The molecule has 22 heavy (non-hydrogen) atoms. The summed E-state index contributed by atoms with van der Waals surface area (Å²) >= 11 is 0. The van der Waals surface area contributed by atoms with E-state index in [1.807, 2.05) is 4.90 Å². The molecule has 8 nitrogen and oxygen atoms in total. The highest BCUT2D eigenvalue weighted by Gasteiger charge is 2.28. The number of nitro groups is 1. The van der Waals surface area contributed by atoms with Gasteiger partial charge in [0.25, 0.3) is 5.69 Å². The summed E-state index contributed by atoms with van der Waals surface area (Å²) in [4.78, 5) is 35.2. The zero-order valence-electron chi connectivity index (χ0n) is 12.2. The van der Waals surface area contributed by atoms with E-state index in [9.17, 15) is 19.7 Å². The number of esters is 1. The third kappa shape index (κ3) is 3.16. The predicted octanol–water partition coefficient (Wildman–Crippen LogP) is 1.08. The van der Waals surface area contributed by atoms with E-state index in [0.29, 0.717) is 31.6 Å². The van der Waals surface area contributed by atoms with Crippen molar-refractivity contribution in [3.63, 3.8) is 0 Å². The van der Waals surface area contributed by atoms with E-state index in [1.165, 1.54) is 25.3 Å². The molecule has 0 bridgehead atoms. The largest absolute Gasteiger partial charge is 0.465 e. The third-order valence-corrected chi connectivity index (χ3v) is 3.83. The van der Waals surface area contributed by atoms with Crippen molar-refractivity contribution in [3.8, 4) is 0 Å². The summed E-state index contributed by atoms with van der Waals surface area (Å²) in [5.41, 5.74) is 5.69. The second-order valence-electron chi connectivity index (χ2n) is 5.12. The molecule has 1 fully saturated rings. The number of primary amides is 1. The molecule has 1 aromatic rings. The van der Waals surface area contributed by atoms with Gasteiger partial charge in [0.05, 0.1) is 17.6 Å². The summed E-state index contributed by atoms with van der Waals surface area (Å²) in [6, 6.07) is 4.24. The molecule has 1 aromatic carbocycles. The molecular weight excluding hydrogens is 290 g/mol. The molecule has 1 heterocycles. The quantitative estimate of drug-likeness (QED) is 0.505. The van der Waals surface area contributed by atoms with Crippen LogP contribution in [0.5, 0.6) is 0 Å². The number of rotatable bonds is 4. The molecular formula is C14H17N3O5. The molecule has 8 heteroatoms. The highest BCUT2D eigenvalue weighted by molar-refractivity contribution is 5.91. The van der Waals surface area contributed by atoms with Gasteiger partial charge in [-0.3, -0.25) is 14.9 Å². The lowest BCUT2D eigenvalue weighted by molar-refractivity contribution is -0.384. The minimum Gasteiger partial charge on any atom is -0.465 e. The highest BCUT2D eigenvalue weighted by Crippen LogP contribution is 2.32. The van der Waals surface area contributed by atoms with Gasteiger partial charge in [-0.15, -0.1) is 0 Å². The number of methoxy groups -OCH3 is 1. The summed E-state index contributed by atoms with van der Waals surface area (Å²) in [6.07, 6.45) is 1.12. The number of piperidine rings is 1. The number of nitrogens with zero attached hydrogens (tertiary/aromatic N) is 2. The van der Waals surface area contributed by atoms with Crippen LogP contribution in [0, 0.1) is 16.0 Å². The molecule has 1 amide bonds. The van der Waals surface area contributed by atoms with Crippen molar-refractivity contribution in [1.82, 2.24) is 0 Å². The zero-order chi connectivity index (χ0) is 16.3. The van der Waals surface area contributed by atoms with Crippen molar-refractivity contribution in [2.45, 2.75) is 12.8 Å². The minimum absolute atomic E-state index is 0.130. The van der Waals surface area contributed by atoms with Gasteiger partial charge in [0.1, 0.15) is 5.69 Å². The normalized spacial score (nSPS) is 15.4. The van der Waals surface area contributed by atoms with Crippen molar-refractivity contribution in [2.75, 3.05) is 25.1 Å². The maximum atomic E-state index is 11.5. The van der Waals surface area contributed by atoms with Crippen LogP contribution in [0.15, 0.2) is 18.2 Å². The van der Waals surface area contributed by atoms with Crippen LogP contribution in [-0.4, -0.2) is 37.0 Å². The van der Waals surface area contributed by atoms with E-state index < -0.39 is 10.9 Å². The standard InChI is InChI=1S/C14H17N3O5/c1-22-14(19)10-2-3-11(12(8-10)17(20)21)16-6-4-9(5-7-16)13(15)18/h2-3,8-9H,4-7H2,1H3,(H2,15,18). The van der Waals surface area contributed by atoms with Crippen LogP contribution >= 0.6 is 0 Å². The predicted molar refractivity (Wildman–Crippen MR) is 78.6 cm³/mol. The summed E-state index contributed by atoms with van der Waals surface area (Å²) in [6.45, 7) is 1.01. The van der Waals surface area contributed by atoms with Gasteiger partial charge in [0.2, 0.25) is 5.91 Å². The lowest BCUT2D eigenvalue weighted by Crippen LogP contribution is -2.38. The van der Waals surface area contributed by atoms with Crippen LogP contribution in [0.25, 0.3) is 0 Å². The number of carbonyl (C=O) groups excluding carboxylic acids is 2. The van der Waals surface area contributed by atoms with Gasteiger partial charge in [-0.05, 0) is 25.0 Å². The molecule has 1 aliphatic heterocycles. The topological polar surface area (TPSA) is 116 Å². The van der Waals surface area contributed by atoms with Crippen molar-refractivity contribution in [1.29, 1.82) is 0 Å². The molecule has 2 N–H and O–H groups in total. The maximum Gasteiger partial charge on any atom is 0.338 e. The Kier molecular flexibility index (Phi) is 4.59. The van der Waals surface area contributed by atoms with Gasteiger partial charge in [-0.25, -0.2) is 4.79 Å². The van der Waals surface area contributed by atoms with Crippen molar-refractivity contribution in [3.05, 3.63) is 33.9 Å². The fourth-order valence-corrected chi connectivity index (χ4v) is 2.59. The number of anilines is 1. The Bertz CT molecular complexity index is 608. The number of ether oxygens (including phenoxy) is 1. The Labute approximate surface area is 127 Å². The van der Waals surface area contributed by atoms with Crippen LogP contribution in [0.2, 0.25) is 0 Å². The lowest BCUT2D eigenvalue weighted by atomic mass is 9.95. The number of amides is 1. The molecule has 118 valence electrons. The van der Waals surface area contributed by atoms with Gasteiger partial charge in [0, 0.05) is 25.1 Å². The van der Waals surface area contributed by atoms with Crippen LogP contribution < -0.4 is 10.6 Å². The third-order valence-electron chi connectivity index (χ3n) is 3.83. The molecule has 2 rings (SSSR count). The van der Waals surface area contributed by atoms with Gasteiger partial charge >= 0.3 is 5.97 Å². The number of hydrogen-bond donors (Lipinski definition) is 1. The van der Waals surface area contributed by atoms with Crippen molar-refractivity contribution in [2.24, 2.45) is 11.7 Å². The van der Waals surface area contributed by atoms with Gasteiger partial charge in [-0.2, -0.15) is 0 Å². The van der Waals surface area contributed by atoms with E-state index in [-0.39, 0.29) is 23.1 Å². The Morgan fingerprint density at radius 3 is 2.50 bits per heavy atom. The Balaban J connectivity index is 2.26. The van der Waals surface area contributed by atoms with Gasteiger partial charge in [0.15, 0.2) is 0 Å². The first-order valence-electron chi connectivity index (χ1n) is 6.85. The molecule has 1 aliphatic rings. The second kappa shape index (κ2) is 6.42. The molecule has 0 spiro atoms. The number of hydrogen-bond acceptors (Lipinski definition) is 6. The molecule has 0 atom stereocenters. The van der Waals surface area contributed by atoms with Gasteiger partial charge in [-0.1, -0.05) is 0 Å². The van der Waals surface area contributed by atoms with Crippen LogP contribution in [0.1, 0.15) is 23.2 Å². The Morgan fingerprint density at radius 2 is 2.00 bits per heavy atom. The van der Waals surface area contributed by atoms with E-state index in [1.54, 1.807) is 0 Å². The van der Waals surface area contributed by atoms with Crippen LogP contribution in [0.4, 0.5) is 11.4 Å². The van der Waals surface area contributed by atoms with E-state index in [4.69, 9.17) is 5.73 Å². The first kappa shape index (κ1) is 15.7. The fourth-order valence-electron chi connectivity index (χ4n) is 2.59. The van der Waals surface area contributed by atoms with Crippen molar-refractivity contribution < 1.29 is 19.2 Å². The summed E-state index contributed by atoms with van der Waals surface area (Å²) in [5, 5.41) is 11.3. The molecule has 0 aromatic heterocycles. The fraction of sp³-hybridized carbons (Fsp3) is 0.429. The van der Waals surface area contributed by atoms with E-state index >= 15 is 0 Å². The SMILES string of the molecule is COC(=O)c1ccc(N2CCC(C(N)=O)CC2)c([N+](=O)[O-])c1. The second-order valence-corrected chi connectivity index (χ2v) is 5.12. The average Bonchev–Trinajstić information content (AvgIpc) is 2.53. The molecule has 0 saturated carbocycles. The number of benzene rings is 1.